The molecule has 1 amide bonds. The van der Waals surface area contributed by atoms with Gasteiger partial charge < -0.3 is 15.2 Å². The van der Waals surface area contributed by atoms with Gasteiger partial charge in [-0.25, -0.2) is 4.99 Å². The van der Waals surface area contributed by atoms with E-state index in [1.54, 1.807) is 24.3 Å². The van der Waals surface area contributed by atoms with Crippen LogP contribution in [-0.2, 0) is 19.1 Å². The Hall–Kier alpha value is -3.79. The summed E-state index contributed by atoms with van der Waals surface area (Å²) in [6.45, 7) is 0. The fourth-order valence-corrected chi connectivity index (χ4v) is 2.96. The first-order valence-corrected chi connectivity index (χ1v) is 8.97. The number of carbonyl (C=O) groups is 3. The van der Waals surface area contributed by atoms with Gasteiger partial charge in [0.25, 0.3) is 17.8 Å². The molecule has 2 aromatic rings. The zero-order chi connectivity index (χ0) is 21.8. The lowest BCUT2D eigenvalue weighted by Crippen LogP contribution is -2.30. The van der Waals surface area contributed by atoms with Crippen molar-refractivity contribution in [1.29, 1.82) is 0 Å². The van der Waals surface area contributed by atoms with Crippen LogP contribution in [-0.4, -0.2) is 39.8 Å². The number of carboxylic acids is 1. The average Bonchev–Trinajstić information content (AvgIpc) is 2.83. The monoisotopic (exact) mass is 431 g/mol. The van der Waals surface area contributed by atoms with Crippen molar-refractivity contribution in [1.82, 2.24) is 0 Å². The first kappa shape index (κ1) is 20.9. The van der Waals surface area contributed by atoms with Crippen molar-refractivity contribution in [3.8, 4) is 0 Å². The maximum Gasteiger partial charge on any atom is 0.308 e. The summed E-state index contributed by atoms with van der Waals surface area (Å²) in [5.41, 5.74) is 0.667. The molecule has 10 nitrogen and oxygen atoms in total. The largest absolute Gasteiger partial charge is 0.481 e. The number of non-ortho nitro benzene ring substituents is 1. The van der Waals surface area contributed by atoms with E-state index in [-0.39, 0.29) is 27.7 Å². The van der Waals surface area contributed by atoms with E-state index < -0.39 is 41.8 Å². The number of nitro groups is 1. The number of hydrogen-bond donors (Lipinski definition) is 2. The fourth-order valence-electron chi connectivity index (χ4n) is 2.73. The molecular weight excluding hydrogens is 418 g/mol. The zero-order valence-electron chi connectivity index (χ0n) is 15.2. The highest BCUT2D eigenvalue weighted by Gasteiger charge is 2.30. The van der Waals surface area contributed by atoms with Crippen LogP contribution in [0.15, 0.2) is 47.5 Å². The number of aliphatic carboxylic acids is 1. The SMILES string of the molecule is O=C(O)CCC(=O)OC1N=C(c2ccccc2Cl)c2cc([N+](=O)[O-])ccc2NC1=O. The second kappa shape index (κ2) is 8.70. The Balaban J connectivity index is 2.09. The highest BCUT2D eigenvalue weighted by Crippen LogP contribution is 2.30. The van der Waals surface area contributed by atoms with Gasteiger partial charge in [-0.2, -0.15) is 0 Å². The number of fused-ring (bicyclic) bond motifs is 1. The number of hydrogen-bond acceptors (Lipinski definition) is 7. The number of nitrogens with zero attached hydrogens (tertiary/aromatic N) is 2. The fraction of sp³-hybridized carbons (Fsp3) is 0.158. The van der Waals surface area contributed by atoms with E-state index >= 15 is 0 Å². The number of amides is 1. The van der Waals surface area contributed by atoms with Crippen LogP contribution in [0.2, 0.25) is 5.02 Å². The Bertz CT molecular complexity index is 1080. The molecule has 1 unspecified atom stereocenters. The molecule has 1 aliphatic heterocycles. The van der Waals surface area contributed by atoms with E-state index in [2.05, 4.69) is 10.3 Å². The number of carboxylic acid groups (broad SMARTS) is 1. The van der Waals surface area contributed by atoms with Gasteiger partial charge in [-0.05, 0) is 12.1 Å². The van der Waals surface area contributed by atoms with Crippen molar-refractivity contribution in [2.24, 2.45) is 4.99 Å². The minimum absolute atomic E-state index is 0.105. The second-order valence-corrected chi connectivity index (χ2v) is 6.58. The lowest BCUT2D eigenvalue weighted by atomic mass is 10.00. The van der Waals surface area contributed by atoms with Gasteiger partial charge >= 0.3 is 11.9 Å². The summed E-state index contributed by atoms with van der Waals surface area (Å²) in [7, 11) is 0. The summed E-state index contributed by atoms with van der Waals surface area (Å²) in [5, 5.41) is 22.7. The van der Waals surface area contributed by atoms with Gasteiger partial charge in [-0.15, -0.1) is 0 Å². The molecule has 2 N–H and O–H groups in total. The number of rotatable bonds is 6. The molecule has 0 bridgehead atoms. The third-order valence-corrected chi connectivity index (χ3v) is 4.44. The molecule has 3 rings (SSSR count). The number of nitro benzene ring substituents is 1. The molecule has 0 saturated heterocycles. The number of benzene rings is 2. The lowest BCUT2D eigenvalue weighted by Gasteiger charge is -2.12. The third-order valence-electron chi connectivity index (χ3n) is 4.11. The van der Waals surface area contributed by atoms with E-state index in [0.29, 0.717) is 5.56 Å². The minimum Gasteiger partial charge on any atom is -0.481 e. The van der Waals surface area contributed by atoms with Crippen LogP contribution in [0.5, 0.6) is 0 Å². The molecule has 0 radical (unpaired) electrons. The molecule has 1 atom stereocenters. The molecular formula is C19H14ClN3O7. The number of esters is 1. The number of aliphatic imine (C=N–C) groups is 1. The van der Waals surface area contributed by atoms with E-state index in [0.717, 1.165) is 0 Å². The van der Waals surface area contributed by atoms with Crippen LogP contribution >= 0.6 is 11.6 Å². The smallest absolute Gasteiger partial charge is 0.308 e. The van der Waals surface area contributed by atoms with Crippen molar-refractivity contribution in [2.75, 3.05) is 5.32 Å². The number of halogens is 1. The number of ether oxygens (including phenoxy) is 1. The summed E-state index contributed by atoms with van der Waals surface area (Å²) in [6.07, 6.45) is -2.56. The first-order valence-electron chi connectivity index (χ1n) is 8.60. The Kier molecular flexibility index (Phi) is 6.07. The van der Waals surface area contributed by atoms with E-state index in [9.17, 15) is 24.5 Å². The second-order valence-electron chi connectivity index (χ2n) is 6.17. The highest BCUT2D eigenvalue weighted by molar-refractivity contribution is 6.36. The maximum atomic E-state index is 12.6. The van der Waals surface area contributed by atoms with Crippen LogP contribution in [0.3, 0.4) is 0 Å². The summed E-state index contributed by atoms with van der Waals surface area (Å²) in [5.74, 6) is -2.93. The Morgan fingerprint density at radius 3 is 2.60 bits per heavy atom. The predicted octanol–water partition coefficient (Wildman–Crippen LogP) is 2.77. The van der Waals surface area contributed by atoms with Crippen LogP contribution in [0, 0.1) is 10.1 Å². The van der Waals surface area contributed by atoms with Crippen LogP contribution in [0.25, 0.3) is 0 Å². The van der Waals surface area contributed by atoms with Gasteiger partial charge in [0.2, 0.25) is 0 Å². The van der Waals surface area contributed by atoms with Gasteiger partial charge in [0.1, 0.15) is 0 Å². The van der Waals surface area contributed by atoms with Gasteiger partial charge in [0.05, 0.1) is 29.2 Å². The Labute approximate surface area is 174 Å². The molecule has 154 valence electrons. The van der Waals surface area contributed by atoms with Gasteiger partial charge in [0.15, 0.2) is 0 Å². The van der Waals surface area contributed by atoms with Crippen LogP contribution < -0.4 is 5.32 Å². The number of nitrogens with one attached hydrogen (secondary N) is 1. The molecule has 0 aliphatic carbocycles. The molecule has 30 heavy (non-hydrogen) atoms. The molecule has 0 aromatic heterocycles. The molecule has 0 fully saturated rings. The number of carbonyl (C=O) groups excluding carboxylic acids is 2. The Morgan fingerprint density at radius 2 is 1.93 bits per heavy atom. The van der Waals surface area contributed by atoms with Crippen LogP contribution in [0.1, 0.15) is 24.0 Å². The summed E-state index contributed by atoms with van der Waals surface area (Å²) >= 11 is 6.26. The molecule has 11 heteroatoms. The number of benzodiazepines with no additional fused rings is 1. The molecule has 1 aliphatic rings. The molecule has 1 heterocycles. The standard InChI is InChI=1S/C19H14ClN3O7/c20-13-4-2-1-3-11(13)17-12-9-10(23(28)29)5-6-14(12)21-18(27)19(22-17)30-16(26)8-7-15(24)25/h1-6,9,19H,7-8H2,(H,21,27)(H,24,25). The molecule has 0 spiro atoms. The Morgan fingerprint density at radius 1 is 1.20 bits per heavy atom. The van der Waals surface area contributed by atoms with Crippen molar-refractivity contribution < 1.29 is 29.2 Å². The van der Waals surface area contributed by atoms with Crippen molar-refractivity contribution >= 4 is 46.5 Å². The van der Waals surface area contributed by atoms with E-state index in [1.165, 1.54) is 18.2 Å². The summed E-state index contributed by atoms with van der Waals surface area (Å²) < 4.78 is 5.06. The minimum atomic E-state index is -1.64. The average molecular weight is 432 g/mol. The first-order chi connectivity index (χ1) is 14.3. The quantitative estimate of drug-likeness (QED) is 0.405. The maximum absolute atomic E-state index is 12.6. The van der Waals surface area contributed by atoms with Crippen LogP contribution in [0.4, 0.5) is 11.4 Å². The molecule has 0 saturated carbocycles. The summed E-state index contributed by atoms with van der Waals surface area (Å²) in [6, 6.07) is 10.3. The van der Waals surface area contributed by atoms with Gasteiger partial charge in [-0.1, -0.05) is 29.8 Å². The van der Waals surface area contributed by atoms with Gasteiger partial charge in [0, 0.05) is 28.3 Å². The number of anilines is 1. The normalized spacial score (nSPS) is 15.3. The molecule has 2 aromatic carbocycles. The van der Waals surface area contributed by atoms with Crippen molar-refractivity contribution in [3.63, 3.8) is 0 Å². The van der Waals surface area contributed by atoms with Crippen molar-refractivity contribution in [2.45, 2.75) is 19.1 Å². The van der Waals surface area contributed by atoms with Crippen molar-refractivity contribution in [3.05, 3.63) is 68.7 Å². The summed E-state index contributed by atoms with van der Waals surface area (Å²) in [4.78, 5) is 50.0. The topological polar surface area (TPSA) is 148 Å². The third kappa shape index (κ3) is 4.61. The highest BCUT2D eigenvalue weighted by atomic mass is 35.5. The van der Waals surface area contributed by atoms with E-state index in [1.807, 2.05) is 0 Å². The van der Waals surface area contributed by atoms with Gasteiger partial charge in [-0.3, -0.25) is 24.5 Å². The lowest BCUT2D eigenvalue weighted by molar-refractivity contribution is -0.384. The predicted molar refractivity (Wildman–Crippen MR) is 106 cm³/mol. The van der Waals surface area contributed by atoms with E-state index in [4.69, 9.17) is 21.4 Å². The zero-order valence-corrected chi connectivity index (χ0v) is 16.0.